The number of para-hydroxylation sites is 1. The molecule has 1 aromatic rings. The number of aliphatic imine (C=N–C) groups is 1. The number of likely N-dealkylation sites (N-methyl/N-ethyl adjacent to an activating group) is 1. The summed E-state index contributed by atoms with van der Waals surface area (Å²) in [5.74, 6) is 0.436. The predicted molar refractivity (Wildman–Crippen MR) is 111 cm³/mol. The summed E-state index contributed by atoms with van der Waals surface area (Å²) < 4.78 is 35.1. The summed E-state index contributed by atoms with van der Waals surface area (Å²) in [5.41, 5.74) is 0.533. The average Bonchev–Trinajstić information content (AvgIpc) is 2.73. The van der Waals surface area contributed by atoms with Crippen LogP contribution in [0.1, 0.15) is 12.0 Å². The van der Waals surface area contributed by atoms with Crippen molar-refractivity contribution in [3.8, 4) is 5.75 Å². The molecule has 1 saturated heterocycles. The number of carbonyl (C=O) groups excluding carboxylic acids is 1. The van der Waals surface area contributed by atoms with Crippen molar-refractivity contribution in [2.75, 3.05) is 60.0 Å². The van der Waals surface area contributed by atoms with Crippen LogP contribution >= 0.6 is 0 Å². The quantitative estimate of drug-likeness (QED) is 0.331. The molecule has 1 fully saturated rings. The third-order valence-electron chi connectivity index (χ3n) is 4.55. The van der Waals surface area contributed by atoms with Gasteiger partial charge in [0, 0.05) is 39.3 Å². The topological polar surface area (TPSA) is 78.4 Å². The fourth-order valence-electron chi connectivity index (χ4n) is 2.84. The second-order valence-electron chi connectivity index (χ2n) is 7.03. The number of hydrogen-bond donors (Lipinski definition) is 2. The van der Waals surface area contributed by atoms with E-state index >= 15 is 0 Å². The molecule has 8 nitrogen and oxygen atoms in total. The number of carbonyl (C=O) groups is 1. The number of ether oxygens (including phenoxy) is 2. The molecule has 1 aliphatic heterocycles. The van der Waals surface area contributed by atoms with E-state index in [9.17, 15) is 13.6 Å². The standard InChI is InChI=1S/C20H31F2N5O3/c1-26(2)18(28)15-25-20(23-8-5-9-27-10-12-29-13-11-27)24-14-16-6-3-4-7-17(16)30-19(21)22/h3-4,6-7,19H,5,8-15H2,1-2H3,(H2,23,24,25). The smallest absolute Gasteiger partial charge is 0.387 e. The van der Waals surface area contributed by atoms with Crippen molar-refractivity contribution < 1.29 is 23.0 Å². The fraction of sp³-hybridized carbons (Fsp3) is 0.600. The van der Waals surface area contributed by atoms with Crippen LogP contribution in [0, 0.1) is 0 Å². The van der Waals surface area contributed by atoms with Gasteiger partial charge in [0.2, 0.25) is 5.91 Å². The fourth-order valence-corrected chi connectivity index (χ4v) is 2.84. The largest absolute Gasteiger partial charge is 0.434 e. The third-order valence-corrected chi connectivity index (χ3v) is 4.55. The molecular formula is C20H31F2N5O3. The van der Waals surface area contributed by atoms with E-state index in [0.29, 0.717) is 18.1 Å². The predicted octanol–water partition coefficient (Wildman–Crippen LogP) is 1.13. The van der Waals surface area contributed by atoms with Crippen LogP contribution in [0.4, 0.5) is 8.78 Å². The zero-order valence-electron chi connectivity index (χ0n) is 17.6. The summed E-state index contributed by atoms with van der Waals surface area (Å²) in [6, 6.07) is 6.53. The lowest BCUT2D eigenvalue weighted by Crippen LogP contribution is -2.44. The van der Waals surface area contributed by atoms with Crippen LogP contribution in [-0.4, -0.2) is 88.3 Å². The molecule has 1 aliphatic rings. The normalized spacial score (nSPS) is 15.2. The molecule has 10 heteroatoms. The van der Waals surface area contributed by atoms with Gasteiger partial charge < -0.3 is 25.0 Å². The molecule has 0 unspecified atom stereocenters. The SMILES string of the molecule is CN(C)C(=O)CNC(=NCc1ccccc1OC(F)F)NCCCN1CCOCC1. The number of halogens is 2. The van der Waals surface area contributed by atoms with Gasteiger partial charge in [-0.2, -0.15) is 8.78 Å². The Morgan fingerprint density at radius 2 is 2.00 bits per heavy atom. The maximum Gasteiger partial charge on any atom is 0.387 e. The number of rotatable bonds is 10. The molecule has 0 spiro atoms. The maximum atomic E-state index is 12.6. The zero-order valence-corrected chi connectivity index (χ0v) is 17.6. The summed E-state index contributed by atoms with van der Waals surface area (Å²) in [6.45, 7) is 2.29. The van der Waals surface area contributed by atoms with E-state index in [0.717, 1.165) is 39.3 Å². The number of benzene rings is 1. The summed E-state index contributed by atoms with van der Waals surface area (Å²) in [6.07, 6.45) is 0.896. The molecule has 0 aromatic heterocycles. The summed E-state index contributed by atoms with van der Waals surface area (Å²) in [7, 11) is 3.35. The van der Waals surface area contributed by atoms with Crippen LogP contribution in [0.5, 0.6) is 5.75 Å². The Labute approximate surface area is 176 Å². The number of hydrogen-bond acceptors (Lipinski definition) is 5. The lowest BCUT2D eigenvalue weighted by Gasteiger charge is -2.26. The van der Waals surface area contributed by atoms with E-state index < -0.39 is 6.61 Å². The van der Waals surface area contributed by atoms with Crippen LogP contribution in [0.15, 0.2) is 29.3 Å². The summed E-state index contributed by atoms with van der Waals surface area (Å²) in [4.78, 5) is 20.2. The number of morpholine rings is 1. The molecule has 1 heterocycles. The van der Waals surface area contributed by atoms with Crippen molar-refractivity contribution in [3.63, 3.8) is 0 Å². The van der Waals surface area contributed by atoms with Crippen molar-refractivity contribution in [3.05, 3.63) is 29.8 Å². The Bertz CT molecular complexity index is 682. The molecule has 0 atom stereocenters. The van der Waals surface area contributed by atoms with E-state index in [1.165, 1.54) is 11.0 Å². The first-order chi connectivity index (χ1) is 14.5. The minimum absolute atomic E-state index is 0.0808. The molecule has 0 saturated carbocycles. The average molecular weight is 427 g/mol. The Balaban J connectivity index is 1.93. The third kappa shape index (κ3) is 8.91. The highest BCUT2D eigenvalue weighted by atomic mass is 19.3. The highest BCUT2D eigenvalue weighted by Gasteiger charge is 2.11. The summed E-state index contributed by atoms with van der Waals surface area (Å²) in [5, 5.41) is 6.20. The molecular weight excluding hydrogens is 396 g/mol. The van der Waals surface area contributed by atoms with E-state index in [1.807, 2.05) is 0 Å². The Morgan fingerprint density at radius 1 is 1.27 bits per heavy atom. The highest BCUT2D eigenvalue weighted by Crippen LogP contribution is 2.20. The van der Waals surface area contributed by atoms with Gasteiger partial charge in [-0.05, 0) is 19.0 Å². The van der Waals surface area contributed by atoms with Crippen LogP contribution in [0.3, 0.4) is 0 Å². The van der Waals surface area contributed by atoms with E-state index in [1.54, 1.807) is 32.3 Å². The first kappa shape index (κ1) is 23.8. The molecule has 168 valence electrons. The molecule has 0 aliphatic carbocycles. The Morgan fingerprint density at radius 3 is 2.70 bits per heavy atom. The van der Waals surface area contributed by atoms with Crippen molar-refractivity contribution in [2.24, 2.45) is 4.99 Å². The van der Waals surface area contributed by atoms with Crippen LogP contribution in [0.2, 0.25) is 0 Å². The van der Waals surface area contributed by atoms with Gasteiger partial charge in [-0.25, -0.2) is 4.99 Å². The minimum atomic E-state index is -2.90. The molecule has 1 aromatic carbocycles. The summed E-state index contributed by atoms with van der Waals surface area (Å²) >= 11 is 0. The molecule has 0 radical (unpaired) electrons. The van der Waals surface area contributed by atoms with Crippen molar-refractivity contribution in [2.45, 2.75) is 19.6 Å². The van der Waals surface area contributed by atoms with E-state index in [2.05, 4.69) is 25.3 Å². The van der Waals surface area contributed by atoms with Crippen molar-refractivity contribution >= 4 is 11.9 Å². The Kier molecular flexibility index (Phi) is 10.3. The van der Waals surface area contributed by atoms with Crippen LogP contribution in [0.25, 0.3) is 0 Å². The first-order valence-electron chi connectivity index (χ1n) is 10.0. The molecule has 2 rings (SSSR count). The second kappa shape index (κ2) is 13.0. The van der Waals surface area contributed by atoms with Gasteiger partial charge in [-0.15, -0.1) is 0 Å². The lowest BCUT2D eigenvalue weighted by atomic mass is 10.2. The van der Waals surface area contributed by atoms with Gasteiger partial charge in [-0.3, -0.25) is 9.69 Å². The van der Waals surface area contributed by atoms with E-state index in [-0.39, 0.29) is 24.7 Å². The number of nitrogens with one attached hydrogen (secondary N) is 2. The maximum absolute atomic E-state index is 12.6. The first-order valence-corrected chi connectivity index (χ1v) is 10.0. The lowest BCUT2D eigenvalue weighted by molar-refractivity contribution is -0.127. The number of nitrogens with zero attached hydrogens (tertiary/aromatic N) is 3. The molecule has 2 N–H and O–H groups in total. The minimum Gasteiger partial charge on any atom is -0.434 e. The van der Waals surface area contributed by atoms with Gasteiger partial charge in [0.05, 0.1) is 26.3 Å². The van der Waals surface area contributed by atoms with Crippen LogP contribution < -0.4 is 15.4 Å². The van der Waals surface area contributed by atoms with Gasteiger partial charge in [0.25, 0.3) is 0 Å². The number of guanidine groups is 1. The van der Waals surface area contributed by atoms with Crippen molar-refractivity contribution in [1.29, 1.82) is 0 Å². The molecule has 1 amide bonds. The van der Waals surface area contributed by atoms with Gasteiger partial charge in [0.15, 0.2) is 5.96 Å². The van der Waals surface area contributed by atoms with E-state index in [4.69, 9.17) is 4.74 Å². The zero-order chi connectivity index (χ0) is 21.8. The molecule has 30 heavy (non-hydrogen) atoms. The molecule has 0 bridgehead atoms. The van der Waals surface area contributed by atoms with Crippen molar-refractivity contribution in [1.82, 2.24) is 20.4 Å². The van der Waals surface area contributed by atoms with Crippen LogP contribution in [-0.2, 0) is 16.1 Å². The number of amides is 1. The highest BCUT2D eigenvalue weighted by molar-refractivity contribution is 5.86. The Hall–Kier alpha value is -2.46. The van der Waals surface area contributed by atoms with Gasteiger partial charge >= 0.3 is 6.61 Å². The van der Waals surface area contributed by atoms with Gasteiger partial charge in [0.1, 0.15) is 5.75 Å². The monoisotopic (exact) mass is 427 g/mol. The number of alkyl halides is 2. The second-order valence-corrected chi connectivity index (χ2v) is 7.03. The van der Waals surface area contributed by atoms with Gasteiger partial charge in [-0.1, -0.05) is 18.2 Å².